The van der Waals surface area contributed by atoms with Gasteiger partial charge in [-0.2, -0.15) is 0 Å². The lowest BCUT2D eigenvalue weighted by molar-refractivity contribution is -0.153. The number of nitrogens with zero attached hydrogens (tertiary/aromatic N) is 2. The third-order valence-corrected chi connectivity index (χ3v) is 7.29. The highest BCUT2D eigenvalue weighted by Gasteiger charge is 2.64. The van der Waals surface area contributed by atoms with Crippen LogP contribution in [0.2, 0.25) is 0 Å². The molecule has 0 spiro atoms. The summed E-state index contributed by atoms with van der Waals surface area (Å²) in [6.45, 7) is 0. The number of nitrogens with two attached hydrogens (primary N) is 1. The Kier molecular flexibility index (Phi) is 4.62. The van der Waals surface area contributed by atoms with Gasteiger partial charge < -0.3 is 26.2 Å². The SMILES string of the molecule is CN(C)[C@@H]1C(=O)C(C(N)=O)=C(O)[C@@]2(O)C(=O)C3=C(O)c4c(cc5ncccc5c4O)C[C@H]3C[C@@H]12. The first kappa shape index (κ1) is 22.1. The number of Topliss-reactive ketones (excluding diaryl/α,β-unsaturated/α-hetero) is 2. The fourth-order valence-electron chi connectivity index (χ4n) is 5.83. The fraction of sp³-hybridized carbons (Fsp3) is 0.333. The number of pyridine rings is 1. The standard InChI is InChI=1S/C24H23N3O7/c1-27(2)17-12-7-9-6-10-8-13-11(4-3-5-26-13)18(28)14(10)19(29)15(9)21(31)24(12,34)22(32)16(20(17)30)23(25)33/h3-5,8-9,12,17,28-29,32,34H,6-7H2,1-2H3,(H2,25,33)/t9-,12-,17-,24-/m0/s1. The number of ketones is 2. The van der Waals surface area contributed by atoms with Crippen LogP contribution in [0.25, 0.3) is 16.7 Å². The maximum atomic E-state index is 13.7. The van der Waals surface area contributed by atoms with Crippen molar-refractivity contribution in [1.29, 1.82) is 0 Å². The van der Waals surface area contributed by atoms with E-state index in [9.17, 15) is 34.8 Å². The summed E-state index contributed by atoms with van der Waals surface area (Å²) >= 11 is 0. The Hall–Kier alpha value is -3.76. The van der Waals surface area contributed by atoms with Gasteiger partial charge in [0.2, 0.25) is 5.78 Å². The van der Waals surface area contributed by atoms with E-state index in [1.807, 2.05) is 0 Å². The molecule has 1 fully saturated rings. The van der Waals surface area contributed by atoms with Crippen LogP contribution in [0.3, 0.4) is 0 Å². The minimum atomic E-state index is -2.64. The average molecular weight is 465 g/mol. The van der Waals surface area contributed by atoms with Gasteiger partial charge in [0.05, 0.1) is 17.1 Å². The van der Waals surface area contributed by atoms with Crippen molar-refractivity contribution >= 4 is 34.1 Å². The number of phenolic OH excluding ortho intramolecular Hbond substituents is 1. The molecule has 4 atom stereocenters. The van der Waals surface area contributed by atoms with E-state index in [1.165, 1.54) is 4.90 Å². The van der Waals surface area contributed by atoms with Gasteiger partial charge in [-0.3, -0.25) is 24.3 Å². The number of aliphatic hydroxyl groups is 3. The number of benzene rings is 1. The van der Waals surface area contributed by atoms with Crippen LogP contribution in [0.1, 0.15) is 17.5 Å². The lowest BCUT2D eigenvalue weighted by Gasteiger charge is -2.50. The predicted octanol–water partition coefficient (Wildman–Crippen LogP) is 0.512. The number of carbonyl (C=O) groups excluding carboxylic acids is 3. The Balaban J connectivity index is 1.76. The van der Waals surface area contributed by atoms with Gasteiger partial charge in [-0.05, 0) is 56.6 Å². The lowest BCUT2D eigenvalue weighted by Crippen LogP contribution is -2.65. The number of likely N-dealkylation sites (N-methyl/N-ethyl adjacent to an activating group) is 1. The number of carbonyl (C=O) groups is 3. The monoisotopic (exact) mass is 465 g/mol. The first-order chi connectivity index (χ1) is 16.0. The minimum Gasteiger partial charge on any atom is -0.508 e. The summed E-state index contributed by atoms with van der Waals surface area (Å²) < 4.78 is 0. The maximum absolute atomic E-state index is 13.7. The highest BCUT2D eigenvalue weighted by atomic mass is 16.3. The molecule has 0 unspecified atom stereocenters. The fourth-order valence-corrected chi connectivity index (χ4v) is 5.83. The molecule has 10 heteroatoms. The van der Waals surface area contributed by atoms with E-state index in [4.69, 9.17) is 5.73 Å². The smallest absolute Gasteiger partial charge is 0.255 e. The van der Waals surface area contributed by atoms with Crippen molar-refractivity contribution in [3.8, 4) is 5.75 Å². The van der Waals surface area contributed by atoms with Crippen LogP contribution in [0.5, 0.6) is 5.75 Å². The second-order valence-electron chi connectivity index (χ2n) is 9.29. The number of aromatic nitrogens is 1. The zero-order valence-corrected chi connectivity index (χ0v) is 18.4. The van der Waals surface area contributed by atoms with E-state index in [0.29, 0.717) is 16.5 Å². The molecule has 2 aromatic rings. The second-order valence-corrected chi connectivity index (χ2v) is 9.29. The number of aromatic hydroxyl groups is 1. The molecule has 1 saturated carbocycles. The molecular weight excluding hydrogens is 442 g/mol. The molecular formula is C24H23N3O7. The van der Waals surface area contributed by atoms with E-state index >= 15 is 0 Å². The molecule has 34 heavy (non-hydrogen) atoms. The highest BCUT2D eigenvalue weighted by molar-refractivity contribution is 6.24. The van der Waals surface area contributed by atoms with Gasteiger partial charge in [-0.1, -0.05) is 0 Å². The van der Waals surface area contributed by atoms with Gasteiger partial charge in [-0.25, -0.2) is 0 Å². The van der Waals surface area contributed by atoms with E-state index in [0.717, 1.165) is 0 Å². The Bertz CT molecular complexity index is 1380. The molecule has 0 bridgehead atoms. The molecule has 3 aliphatic carbocycles. The number of hydrogen-bond donors (Lipinski definition) is 5. The first-order valence-electron chi connectivity index (χ1n) is 10.7. The molecule has 1 aromatic carbocycles. The van der Waals surface area contributed by atoms with Crippen molar-refractivity contribution in [2.24, 2.45) is 17.6 Å². The largest absolute Gasteiger partial charge is 0.508 e. The van der Waals surface area contributed by atoms with E-state index < -0.39 is 58.0 Å². The summed E-state index contributed by atoms with van der Waals surface area (Å²) in [6, 6.07) is 3.86. The average Bonchev–Trinajstić information content (AvgIpc) is 2.76. The van der Waals surface area contributed by atoms with Crippen LogP contribution in [0.4, 0.5) is 0 Å². The van der Waals surface area contributed by atoms with Crippen LogP contribution in [-0.2, 0) is 20.8 Å². The van der Waals surface area contributed by atoms with Crippen molar-refractivity contribution in [3.05, 3.63) is 52.4 Å². The van der Waals surface area contributed by atoms with Gasteiger partial charge in [0.25, 0.3) is 5.91 Å². The van der Waals surface area contributed by atoms with Crippen molar-refractivity contribution < 1.29 is 34.8 Å². The summed E-state index contributed by atoms with van der Waals surface area (Å²) in [4.78, 5) is 44.5. The van der Waals surface area contributed by atoms with E-state index in [-0.39, 0.29) is 29.7 Å². The summed E-state index contributed by atoms with van der Waals surface area (Å²) in [5.41, 5.74) is 2.80. The quantitative estimate of drug-likeness (QED) is 0.396. The van der Waals surface area contributed by atoms with Crippen molar-refractivity contribution in [2.75, 3.05) is 14.1 Å². The topological polar surface area (TPSA) is 174 Å². The number of aliphatic hydroxyl groups excluding tert-OH is 2. The zero-order valence-electron chi connectivity index (χ0n) is 18.4. The second kappa shape index (κ2) is 7.12. The first-order valence-corrected chi connectivity index (χ1v) is 10.7. The number of amides is 1. The molecule has 10 nitrogen and oxygen atoms in total. The normalized spacial score (nSPS) is 28.8. The third kappa shape index (κ3) is 2.63. The zero-order chi connectivity index (χ0) is 24.7. The van der Waals surface area contributed by atoms with Crippen LogP contribution in [-0.4, -0.2) is 73.5 Å². The Morgan fingerprint density at radius 1 is 1.24 bits per heavy atom. The molecule has 5 rings (SSSR count). The van der Waals surface area contributed by atoms with Gasteiger partial charge in [0.1, 0.15) is 22.8 Å². The molecule has 0 radical (unpaired) electrons. The van der Waals surface area contributed by atoms with E-state index in [2.05, 4.69) is 4.98 Å². The molecule has 1 amide bonds. The Morgan fingerprint density at radius 3 is 2.59 bits per heavy atom. The number of phenols is 1. The molecule has 0 saturated heterocycles. The number of fused-ring (bicyclic) bond motifs is 4. The molecule has 176 valence electrons. The third-order valence-electron chi connectivity index (χ3n) is 7.29. The van der Waals surface area contributed by atoms with Gasteiger partial charge >= 0.3 is 0 Å². The molecule has 6 N–H and O–H groups in total. The molecule has 3 aliphatic rings. The van der Waals surface area contributed by atoms with Gasteiger partial charge in [0.15, 0.2) is 11.4 Å². The number of rotatable bonds is 2. The molecule has 0 aliphatic heterocycles. The van der Waals surface area contributed by atoms with E-state index in [1.54, 1.807) is 38.5 Å². The minimum absolute atomic E-state index is 0.0484. The van der Waals surface area contributed by atoms with Gasteiger partial charge in [-0.15, -0.1) is 0 Å². The van der Waals surface area contributed by atoms with Crippen molar-refractivity contribution in [1.82, 2.24) is 9.88 Å². The van der Waals surface area contributed by atoms with Crippen LogP contribution < -0.4 is 5.73 Å². The predicted molar refractivity (Wildman–Crippen MR) is 120 cm³/mol. The van der Waals surface area contributed by atoms with Gasteiger partial charge in [0, 0.05) is 23.1 Å². The molecule has 1 aromatic heterocycles. The summed E-state index contributed by atoms with van der Waals surface area (Å²) in [5.74, 6) is -6.65. The maximum Gasteiger partial charge on any atom is 0.255 e. The lowest BCUT2D eigenvalue weighted by atomic mass is 9.57. The summed E-state index contributed by atoms with van der Waals surface area (Å²) in [6.07, 6.45) is 1.85. The number of primary amides is 1. The van der Waals surface area contributed by atoms with Crippen LogP contribution in [0, 0.1) is 11.8 Å². The Morgan fingerprint density at radius 2 is 1.94 bits per heavy atom. The highest BCUT2D eigenvalue weighted by Crippen LogP contribution is 2.53. The molecule has 1 heterocycles. The van der Waals surface area contributed by atoms with Crippen molar-refractivity contribution in [2.45, 2.75) is 24.5 Å². The summed E-state index contributed by atoms with van der Waals surface area (Å²) in [7, 11) is 3.12. The summed E-state index contributed by atoms with van der Waals surface area (Å²) in [5, 5.41) is 44.8. The van der Waals surface area contributed by atoms with Crippen LogP contribution >= 0.6 is 0 Å². The van der Waals surface area contributed by atoms with Crippen molar-refractivity contribution in [3.63, 3.8) is 0 Å². The van der Waals surface area contributed by atoms with Crippen LogP contribution in [0.15, 0.2) is 41.3 Å². The number of hydrogen-bond acceptors (Lipinski definition) is 9. The Labute approximate surface area is 193 Å².